The molecule has 0 aliphatic rings. The molecule has 0 aliphatic carbocycles. The maximum absolute atomic E-state index is 9.66. The molecule has 0 fully saturated rings. The highest BCUT2D eigenvalue weighted by atomic mass is 79.9. The highest BCUT2D eigenvalue weighted by Gasteiger charge is 2.16. The Kier molecular flexibility index (Phi) is 6.10. The molecule has 3 heterocycles. The third kappa shape index (κ3) is 4.35. The number of anilines is 3. The Hall–Kier alpha value is -3.50. The molecule has 4 rings (SSSR count). The summed E-state index contributed by atoms with van der Waals surface area (Å²) in [4.78, 5) is 11.3. The molecule has 0 saturated heterocycles. The Morgan fingerprint density at radius 1 is 1.06 bits per heavy atom. The summed E-state index contributed by atoms with van der Waals surface area (Å²) in [5.41, 5.74) is 3.97. The Morgan fingerprint density at radius 3 is 2.52 bits per heavy atom. The Labute approximate surface area is 189 Å². The molecule has 1 N–H and O–H groups in total. The number of hydrogen-bond acceptors (Lipinski definition) is 5. The molecule has 3 aromatic heterocycles. The molecule has 7 heteroatoms. The molecule has 6 nitrogen and oxygen atoms in total. The number of nitrogens with zero attached hydrogens (tertiary/aromatic N) is 5. The zero-order chi connectivity index (χ0) is 21.8. The van der Waals surface area contributed by atoms with E-state index >= 15 is 0 Å². The molecule has 0 spiro atoms. The molecule has 31 heavy (non-hydrogen) atoms. The summed E-state index contributed by atoms with van der Waals surface area (Å²) in [5.74, 6) is 0.757. The van der Waals surface area contributed by atoms with Crippen LogP contribution in [0.15, 0.2) is 71.7 Å². The van der Waals surface area contributed by atoms with Gasteiger partial charge in [0.05, 0.1) is 23.6 Å². The van der Waals surface area contributed by atoms with Crippen molar-refractivity contribution < 1.29 is 4.57 Å². The standard InChI is InChI=1S/C24H22BrN6/c1-3-30(4-2)20-8-10-31(11-9-20)23-13-21-22(16-28-23)27-15-17(14-26)24(21)29-19-7-5-6-18(25)12-19/h5-13,15-16H,3-4H2,1-2H3,(H,27,29)/q+1. The van der Waals surface area contributed by atoms with E-state index in [0.29, 0.717) is 5.56 Å². The molecule has 154 valence electrons. The van der Waals surface area contributed by atoms with Crippen molar-refractivity contribution in [3.8, 4) is 11.9 Å². The highest BCUT2D eigenvalue weighted by Crippen LogP contribution is 2.30. The smallest absolute Gasteiger partial charge is 0.328 e. The van der Waals surface area contributed by atoms with Crippen molar-refractivity contribution in [1.82, 2.24) is 9.97 Å². The fourth-order valence-electron chi connectivity index (χ4n) is 3.53. The summed E-state index contributed by atoms with van der Waals surface area (Å²) < 4.78 is 2.93. The number of aromatic nitrogens is 3. The van der Waals surface area contributed by atoms with Gasteiger partial charge in [0.15, 0.2) is 6.20 Å². The van der Waals surface area contributed by atoms with Gasteiger partial charge in [-0.2, -0.15) is 5.26 Å². The summed E-state index contributed by atoms with van der Waals surface area (Å²) in [6.45, 7) is 6.22. The predicted octanol–water partition coefficient (Wildman–Crippen LogP) is 5.13. The van der Waals surface area contributed by atoms with Gasteiger partial charge in [-0.25, -0.2) is 4.57 Å². The van der Waals surface area contributed by atoms with Crippen LogP contribution >= 0.6 is 15.9 Å². The van der Waals surface area contributed by atoms with E-state index in [1.165, 1.54) is 5.69 Å². The Balaban J connectivity index is 1.78. The van der Waals surface area contributed by atoms with Crippen LogP contribution in [0.2, 0.25) is 0 Å². The predicted molar refractivity (Wildman–Crippen MR) is 127 cm³/mol. The van der Waals surface area contributed by atoms with Crippen molar-refractivity contribution in [3.63, 3.8) is 0 Å². The van der Waals surface area contributed by atoms with Crippen LogP contribution in [0.1, 0.15) is 19.4 Å². The van der Waals surface area contributed by atoms with E-state index < -0.39 is 0 Å². The van der Waals surface area contributed by atoms with Gasteiger partial charge in [-0.05, 0) is 37.0 Å². The first-order valence-corrected chi connectivity index (χ1v) is 10.9. The number of hydrogen-bond donors (Lipinski definition) is 1. The SMILES string of the molecule is CCN(CC)c1cc[n+](-c2cc3c(Nc4cccc(Br)c4)c(C#N)cnc3cn2)cc1. The van der Waals surface area contributed by atoms with Crippen LogP contribution in [0.5, 0.6) is 0 Å². The zero-order valence-corrected chi connectivity index (χ0v) is 19.0. The zero-order valence-electron chi connectivity index (χ0n) is 17.4. The van der Waals surface area contributed by atoms with E-state index in [1.54, 1.807) is 12.4 Å². The van der Waals surface area contributed by atoms with E-state index in [1.807, 2.05) is 47.3 Å². The van der Waals surface area contributed by atoms with Crippen LogP contribution in [-0.2, 0) is 0 Å². The Bertz CT molecular complexity index is 1260. The van der Waals surface area contributed by atoms with Gasteiger partial charge in [0.1, 0.15) is 11.6 Å². The molecule has 0 atom stereocenters. The van der Waals surface area contributed by atoms with E-state index in [4.69, 9.17) is 0 Å². The number of nitriles is 1. The normalized spacial score (nSPS) is 10.6. The van der Waals surface area contributed by atoms with Crippen molar-refractivity contribution in [1.29, 1.82) is 5.26 Å². The fourth-order valence-corrected chi connectivity index (χ4v) is 3.93. The average Bonchev–Trinajstić information content (AvgIpc) is 2.80. The highest BCUT2D eigenvalue weighted by molar-refractivity contribution is 9.10. The van der Waals surface area contributed by atoms with Gasteiger partial charge in [-0.15, -0.1) is 0 Å². The van der Waals surface area contributed by atoms with Gasteiger partial charge < -0.3 is 10.2 Å². The van der Waals surface area contributed by atoms with Crippen LogP contribution in [0, 0.1) is 11.3 Å². The molecule has 0 aliphatic heterocycles. The molecule has 0 unspecified atom stereocenters. The minimum atomic E-state index is 0.478. The second-order valence-electron chi connectivity index (χ2n) is 6.99. The van der Waals surface area contributed by atoms with Crippen LogP contribution in [0.4, 0.5) is 17.1 Å². The summed E-state index contributed by atoms with van der Waals surface area (Å²) >= 11 is 3.50. The monoisotopic (exact) mass is 473 g/mol. The summed E-state index contributed by atoms with van der Waals surface area (Å²) in [6, 6.07) is 16.2. The second kappa shape index (κ2) is 9.11. The van der Waals surface area contributed by atoms with Gasteiger partial charge >= 0.3 is 5.82 Å². The van der Waals surface area contributed by atoms with Gasteiger partial charge in [-0.1, -0.05) is 22.0 Å². The van der Waals surface area contributed by atoms with Crippen LogP contribution in [0.25, 0.3) is 16.7 Å². The maximum atomic E-state index is 9.66. The van der Waals surface area contributed by atoms with E-state index in [9.17, 15) is 5.26 Å². The first-order valence-electron chi connectivity index (χ1n) is 10.1. The quantitative estimate of drug-likeness (QED) is 0.393. The number of fused-ring (bicyclic) bond motifs is 1. The minimum absolute atomic E-state index is 0.478. The molecule has 1 aromatic carbocycles. The van der Waals surface area contributed by atoms with E-state index in [2.05, 4.69) is 68.2 Å². The van der Waals surface area contributed by atoms with Crippen molar-refractivity contribution >= 4 is 43.9 Å². The van der Waals surface area contributed by atoms with E-state index in [0.717, 1.165) is 45.7 Å². The lowest BCUT2D eigenvalue weighted by atomic mass is 10.1. The third-order valence-electron chi connectivity index (χ3n) is 5.16. The van der Waals surface area contributed by atoms with Crippen molar-refractivity contribution in [2.75, 3.05) is 23.3 Å². The number of nitrogens with one attached hydrogen (secondary N) is 1. The van der Waals surface area contributed by atoms with Gasteiger partial charge in [0.25, 0.3) is 0 Å². The topological polar surface area (TPSA) is 68.7 Å². The molecular formula is C24H22BrN6+. The van der Waals surface area contributed by atoms with Crippen molar-refractivity contribution in [2.45, 2.75) is 13.8 Å². The van der Waals surface area contributed by atoms with Crippen molar-refractivity contribution in [3.05, 3.63) is 77.3 Å². The first-order chi connectivity index (χ1) is 15.1. The van der Waals surface area contributed by atoms with Crippen LogP contribution in [-0.4, -0.2) is 23.1 Å². The Morgan fingerprint density at radius 2 is 1.84 bits per heavy atom. The summed E-state index contributed by atoms with van der Waals surface area (Å²) in [7, 11) is 0. The van der Waals surface area contributed by atoms with Crippen LogP contribution in [0.3, 0.4) is 0 Å². The lowest BCUT2D eigenvalue weighted by molar-refractivity contribution is -0.599. The fraction of sp³-hybridized carbons (Fsp3) is 0.167. The lowest BCUT2D eigenvalue weighted by Gasteiger charge is -2.20. The van der Waals surface area contributed by atoms with Crippen LogP contribution < -0.4 is 14.8 Å². The molecule has 0 bridgehead atoms. The van der Waals surface area contributed by atoms with E-state index in [-0.39, 0.29) is 0 Å². The lowest BCUT2D eigenvalue weighted by Crippen LogP contribution is -2.32. The van der Waals surface area contributed by atoms with Crippen molar-refractivity contribution in [2.24, 2.45) is 0 Å². The molecule has 0 radical (unpaired) electrons. The minimum Gasteiger partial charge on any atom is -0.372 e. The number of benzene rings is 1. The molecular weight excluding hydrogens is 452 g/mol. The molecule has 0 saturated carbocycles. The summed E-state index contributed by atoms with van der Waals surface area (Å²) in [5, 5.41) is 13.9. The van der Waals surface area contributed by atoms with Gasteiger partial charge in [0, 0.05) is 58.7 Å². The third-order valence-corrected chi connectivity index (χ3v) is 5.65. The largest absolute Gasteiger partial charge is 0.372 e. The first kappa shape index (κ1) is 20.8. The van der Waals surface area contributed by atoms with Gasteiger partial charge in [-0.3, -0.25) is 4.98 Å². The second-order valence-corrected chi connectivity index (χ2v) is 7.91. The summed E-state index contributed by atoms with van der Waals surface area (Å²) in [6.07, 6.45) is 7.33. The molecule has 0 amide bonds. The average molecular weight is 474 g/mol. The maximum Gasteiger partial charge on any atom is 0.328 e. The van der Waals surface area contributed by atoms with Gasteiger partial charge in [0.2, 0.25) is 0 Å². The number of pyridine rings is 3. The number of rotatable bonds is 6. The molecule has 4 aromatic rings. The number of halogens is 1.